The van der Waals surface area contributed by atoms with Crippen LogP contribution in [0.2, 0.25) is 0 Å². The number of hydrogen-bond donors (Lipinski definition) is 2. The van der Waals surface area contributed by atoms with Gasteiger partial charge in [0.05, 0.1) is 23.9 Å². The van der Waals surface area contributed by atoms with Gasteiger partial charge in [-0.1, -0.05) is 0 Å². The zero-order valence-corrected chi connectivity index (χ0v) is 11.5. The summed E-state index contributed by atoms with van der Waals surface area (Å²) in [5, 5.41) is 10.6. The number of esters is 1. The van der Waals surface area contributed by atoms with Crippen molar-refractivity contribution < 1.29 is 27.8 Å². The summed E-state index contributed by atoms with van der Waals surface area (Å²) in [5.41, 5.74) is 0.519. The second kappa shape index (κ2) is 7.42. The predicted molar refractivity (Wildman–Crippen MR) is 71.2 cm³/mol. The van der Waals surface area contributed by atoms with E-state index in [0.29, 0.717) is 5.65 Å². The van der Waals surface area contributed by atoms with Crippen molar-refractivity contribution in [1.82, 2.24) is 9.38 Å². The van der Waals surface area contributed by atoms with Crippen LogP contribution in [-0.2, 0) is 16.1 Å². The van der Waals surface area contributed by atoms with Gasteiger partial charge in [-0.25, -0.2) is 9.78 Å². The minimum atomic E-state index is -2.61. The first-order chi connectivity index (χ1) is 9.86. The fourth-order valence-corrected chi connectivity index (χ4v) is 1.43. The second-order valence-corrected chi connectivity index (χ2v) is 3.93. The third-order valence-corrected chi connectivity index (χ3v) is 2.19. The maximum Gasteiger partial charge on any atom is 0.356 e. The predicted octanol–water partition coefficient (Wildman–Crippen LogP) is 1.10. The minimum Gasteiger partial charge on any atom is -0.461 e. The normalized spacial score (nSPS) is 10.1. The monoisotopic (exact) mass is 317 g/mol. The van der Waals surface area contributed by atoms with E-state index in [1.165, 1.54) is 28.9 Å². The molecule has 0 amide bonds. The number of carbonyl (C=O) groups excluding carboxylic acids is 1. The van der Waals surface area contributed by atoms with Gasteiger partial charge in [0.25, 0.3) is 17.0 Å². The molecule has 2 N–H and O–H groups in total. The smallest absolute Gasteiger partial charge is 0.356 e. The van der Waals surface area contributed by atoms with Crippen LogP contribution in [0.15, 0.2) is 24.5 Å². The van der Waals surface area contributed by atoms with E-state index >= 15 is 0 Å². The van der Waals surface area contributed by atoms with E-state index in [1.807, 2.05) is 0 Å². The number of carbonyl (C=O) groups is 1. The lowest BCUT2D eigenvalue weighted by atomic mass is 10.4. The third kappa shape index (κ3) is 4.59. The van der Waals surface area contributed by atoms with Crippen LogP contribution in [0.1, 0.15) is 17.4 Å². The highest BCUT2D eigenvalue weighted by molar-refractivity contribution is 7.73. The summed E-state index contributed by atoms with van der Waals surface area (Å²) in [6.07, 6.45) is 2.58. The van der Waals surface area contributed by atoms with Crippen LogP contribution in [0.25, 0.3) is 5.65 Å². The van der Waals surface area contributed by atoms with Crippen molar-refractivity contribution >= 4 is 28.7 Å². The molecule has 0 aliphatic carbocycles. The van der Waals surface area contributed by atoms with Crippen molar-refractivity contribution in [2.75, 3.05) is 6.61 Å². The van der Waals surface area contributed by atoms with Crippen molar-refractivity contribution in [3.05, 3.63) is 40.3 Å². The Bertz CT molecular complexity index is 680. The van der Waals surface area contributed by atoms with Gasteiger partial charge in [0, 0.05) is 6.07 Å². The van der Waals surface area contributed by atoms with Gasteiger partial charge in [-0.2, -0.15) is 4.21 Å². The quantitative estimate of drug-likeness (QED) is 0.370. The van der Waals surface area contributed by atoms with Crippen LogP contribution in [0.4, 0.5) is 5.69 Å². The number of hydrogen-bond acceptors (Lipinski definition) is 6. The molecule has 0 saturated heterocycles. The summed E-state index contributed by atoms with van der Waals surface area (Å²) in [7, 11) is 0. The van der Waals surface area contributed by atoms with Crippen LogP contribution in [0.3, 0.4) is 0 Å². The van der Waals surface area contributed by atoms with E-state index in [4.69, 9.17) is 18.1 Å². The molecule has 0 saturated carbocycles. The van der Waals surface area contributed by atoms with Crippen LogP contribution in [-0.4, -0.2) is 40.2 Å². The standard InChI is InChI=1S/C10H9N3O4.H2O3S/c1-2-17-10(14)8-5-11-9-4-3-7(13(15)16)6-12(8)9;1-4(2)3/h3-6H,2H2,1H3;(H2,1,2,3). The van der Waals surface area contributed by atoms with Crippen molar-refractivity contribution in [1.29, 1.82) is 0 Å². The maximum absolute atomic E-state index is 11.5. The van der Waals surface area contributed by atoms with Gasteiger partial charge in [-0.05, 0) is 13.0 Å². The maximum atomic E-state index is 11.5. The molecule has 114 valence electrons. The molecule has 0 aromatic carbocycles. The van der Waals surface area contributed by atoms with Gasteiger partial charge < -0.3 is 4.74 Å². The number of ether oxygens (including phenoxy) is 1. The first kappa shape index (κ1) is 16.7. The molecule has 0 aliphatic heterocycles. The van der Waals surface area contributed by atoms with E-state index in [-0.39, 0.29) is 18.0 Å². The molecule has 11 heteroatoms. The Morgan fingerprint density at radius 2 is 2.14 bits per heavy atom. The fraction of sp³-hybridized carbons (Fsp3) is 0.200. The zero-order chi connectivity index (χ0) is 16.0. The van der Waals surface area contributed by atoms with Crippen molar-refractivity contribution in [2.45, 2.75) is 6.92 Å². The summed E-state index contributed by atoms with van der Waals surface area (Å²) >= 11 is -2.61. The number of nitrogens with zero attached hydrogens (tertiary/aromatic N) is 3. The van der Waals surface area contributed by atoms with Gasteiger partial charge in [0.15, 0.2) is 5.69 Å². The van der Waals surface area contributed by atoms with E-state index in [9.17, 15) is 14.9 Å². The first-order valence-corrected chi connectivity index (χ1v) is 6.51. The number of aromatic nitrogens is 2. The van der Waals surface area contributed by atoms with E-state index in [0.717, 1.165) is 0 Å². The molecule has 0 atom stereocenters. The van der Waals surface area contributed by atoms with Crippen LogP contribution >= 0.6 is 0 Å². The molecule has 2 aromatic rings. The number of rotatable bonds is 3. The van der Waals surface area contributed by atoms with Gasteiger partial charge in [0.2, 0.25) is 0 Å². The Kier molecular flexibility index (Phi) is 5.90. The van der Waals surface area contributed by atoms with E-state index < -0.39 is 22.3 Å². The highest BCUT2D eigenvalue weighted by Crippen LogP contribution is 2.15. The number of fused-ring (bicyclic) bond motifs is 1. The highest BCUT2D eigenvalue weighted by atomic mass is 32.2. The second-order valence-electron chi connectivity index (χ2n) is 3.47. The van der Waals surface area contributed by atoms with Gasteiger partial charge in [-0.3, -0.25) is 23.6 Å². The summed E-state index contributed by atoms with van der Waals surface area (Å²) in [4.78, 5) is 25.6. The molecule has 2 aromatic heterocycles. The minimum absolute atomic E-state index is 0.110. The average molecular weight is 317 g/mol. The summed E-state index contributed by atoms with van der Waals surface area (Å²) in [6, 6.07) is 2.80. The van der Waals surface area contributed by atoms with Gasteiger partial charge in [-0.15, -0.1) is 0 Å². The largest absolute Gasteiger partial charge is 0.461 e. The zero-order valence-electron chi connectivity index (χ0n) is 10.7. The molecule has 2 rings (SSSR count). The molecule has 10 nitrogen and oxygen atoms in total. The molecule has 0 aliphatic rings. The molecule has 0 fully saturated rings. The number of nitro groups is 1. The Morgan fingerprint density at radius 3 is 2.67 bits per heavy atom. The molecule has 0 bridgehead atoms. The topological polar surface area (TPSA) is 144 Å². The number of pyridine rings is 1. The third-order valence-electron chi connectivity index (χ3n) is 2.19. The Balaban J connectivity index is 0.000000491. The van der Waals surface area contributed by atoms with Crippen LogP contribution < -0.4 is 0 Å². The molecular weight excluding hydrogens is 306 g/mol. The fourth-order valence-electron chi connectivity index (χ4n) is 1.43. The number of imidazole rings is 1. The van der Waals surface area contributed by atoms with Crippen LogP contribution in [0, 0.1) is 10.1 Å². The highest BCUT2D eigenvalue weighted by Gasteiger charge is 2.15. The SMILES string of the molecule is CCOC(=O)c1cnc2ccc([N+](=O)[O-])cn12.O=S(O)O. The molecule has 0 spiro atoms. The van der Waals surface area contributed by atoms with E-state index in [1.54, 1.807) is 6.92 Å². The van der Waals surface area contributed by atoms with Gasteiger partial charge in [0.1, 0.15) is 5.65 Å². The van der Waals surface area contributed by atoms with Crippen LogP contribution in [0.5, 0.6) is 0 Å². The molecule has 0 radical (unpaired) electrons. The molecule has 2 heterocycles. The molecular formula is C10H11N3O7S. The Hall–Kier alpha value is -2.37. The first-order valence-electron chi connectivity index (χ1n) is 5.45. The molecule has 0 unspecified atom stereocenters. The van der Waals surface area contributed by atoms with Gasteiger partial charge >= 0.3 is 5.97 Å². The average Bonchev–Trinajstić information content (AvgIpc) is 2.81. The van der Waals surface area contributed by atoms with Crippen molar-refractivity contribution in [2.24, 2.45) is 0 Å². The molecule has 21 heavy (non-hydrogen) atoms. The van der Waals surface area contributed by atoms with Crippen molar-refractivity contribution in [3.63, 3.8) is 0 Å². The lowest BCUT2D eigenvalue weighted by molar-refractivity contribution is -0.385. The summed E-state index contributed by atoms with van der Waals surface area (Å²) < 4.78 is 29.0. The Labute approximate surface area is 120 Å². The lowest BCUT2D eigenvalue weighted by Crippen LogP contribution is -2.08. The van der Waals surface area contributed by atoms with E-state index in [2.05, 4.69) is 4.98 Å². The van der Waals surface area contributed by atoms with Crippen molar-refractivity contribution in [3.8, 4) is 0 Å². The summed E-state index contributed by atoms with van der Waals surface area (Å²) in [5.74, 6) is -0.555. The Morgan fingerprint density at radius 1 is 1.52 bits per heavy atom. The lowest BCUT2D eigenvalue weighted by Gasteiger charge is -2.01. The summed E-state index contributed by atoms with van der Waals surface area (Å²) in [6.45, 7) is 1.92.